The molecule has 472 valence electrons. The van der Waals surface area contributed by atoms with Crippen LogP contribution >= 0.6 is 0 Å². The molecule has 0 bridgehead atoms. The van der Waals surface area contributed by atoms with Gasteiger partial charge in [-0.25, -0.2) is 0 Å². The van der Waals surface area contributed by atoms with Gasteiger partial charge in [0.05, 0.1) is 32.0 Å². The molecule has 2 rings (SSSR count). The number of aliphatic hydroxyl groups excluding tert-OH is 8. The van der Waals surface area contributed by atoms with Gasteiger partial charge in [0.15, 0.2) is 12.6 Å². The lowest BCUT2D eigenvalue weighted by Gasteiger charge is -2.46. The Morgan fingerprint density at radius 3 is 1.33 bits per heavy atom. The van der Waals surface area contributed by atoms with Crippen molar-refractivity contribution in [2.24, 2.45) is 0 Å². The molecule has 2 aliphatic rings. The van der Waals surface area contributed by atoms with E-state index in [1.807, 2.05) is 6.08 Å². The molecule has 12 atom stereocenters. The van der Waals surface area contributed by atoms with Crippen LogP contribution in [0.2, 0.25) is 0 Å². The van der Waals surface area contributed by atoms with Crippen LogP contribution in [0.4, 0.5) is 0 Å². The van der Waals surface area contributed by atoms with Gasteiger partial charge < -0.3 is 65.1 Å². The minimum atomic E-state index is -1.79. The Morgan fingerprint density at radius 2 is 0.864 bits per heavy atom. The Labute approximate surface area is 492 Å². The maximum Gasteiger partial charge on any atom is 0.220 e. The van der Waals surface area contributed by atoms with E-state index in [4.69, 9.17) is 18.9 Å². The van der Waals surface area contributed by atoms with Gasteiger partial charge in [-0.2, -0.15) is 0 Å². The lowest BCUT2D eigenvalue weighted by Crippen LogP contribution is -2.65. The van der Waals surface area contributed by atoms with Crippen LogP contribution in [0.15, 0.2) is 60.8 Å². The molecule has 2 aliphatic heterocycles. The highest BCUT2D eigenvalue weighted by Crippen LogP contribution is 2.30. The molecule has 14 heteroatoms. The van der Waals surface area contributed by atoms with E-state index >= 15 is 0 Å². The predicted molar refractivity (Wildman–Crippen MR) is 327 cm³/mol. The van der Waals surface area contributed by atoms with Gasteiger partial charge in [-0.15, -0.1) is 0 Å². The summed E-state index contributed by atoms with van der Waals surface area (Å²) in [6, 6.07) is -0.936. The SMILES string of the molecule is CC/C=C/CC/C=C/CC/C=C/C(O)C(COC1OC(CO)C(OC2OC(CO)C(O)C(O)C2O)C(O)C1O)NC(=O)CCCCCCCCCCCCCCCCCCCCCCCCCCC/C=C\C/C=C\CCCCCCC. The van der Waals surface area contributed by atoms with E-state index in [0.29, 0.717) is 12.8 Å². The standard InChI is InChI=1S/C67H121NO13/c1-3-5-7-9-11-13-15-16-17-18-19-20-21-22-23-24-25-26-27-28-29-30-31-32-33-34-35-36-37-38-39-40-41-43-45-47-49-51-59(72)68-55(56(71)50-48-46-44-42-14-12-10-8-6-4-2)54-78-66-64(77)62(75)65(58(53-70)80-66)81-67-63(76)61(74)60(73)57(52-69)79-67/h6,8,14-16,18-19,42,48,50,55-58,60-67,69-71,73-77H,3-5,7,9-13,17,20-41,43-47,49,51-54H2,1-2H3,(H,68,72)/b8-6+,16-15-,19-18-,42-14+,50-48+. The summed E-state index contributed by atoms with van der Waals surface area (Å²) in [5.74, 6) is -0.253. The molecular weight excluding hydrogens is 1030 g/mol. The summed E-state index contributed by atoms with van der Waals surface area (Å²) in [6.45, 7) is 2.64. The number of rotatable bonds is 53. The highest BCUT2D eigenvalue weighted by molar-refractivity contribution is 5.76. The number of aliphatic hydroxyl groups is 8. The Bertz CT molecular complexity index is 1590. The summed E-state index contributed by atoms with van der Waals surface area (Å²) in [5, 5.41) is 86.9. The summed E-state index contributed by atoms with van der Waals surface area (Å²) in [5.41, 5.74) is 0. The third kappa shape index (κ3) is 37.0. The zero-order valence-electron chi connectivity index (χ0n) is 51.0. The molecule has 0 aromatic rings. The Balaban J connectivity index is 1.55. The quantitative estimate of drug-likeness (QED) is 0.0204. The van der Waals surface area contributed by atoms with Crippen LogP contribution in [0.5, 0.6) is 0 Å². The third-order valence-corrected chi connectivity index (χ3v) is 15.9. The zero-order chi connectivity index (χ0) is 58.8. The molecule has 2 heterocycles. The Hall–Kier alpha value is -2.31. The Morgan fingerprint density at radius 1 is 0.457 bits per heavy atom. The van der Waals surface area contributed by atoms with Crippen LogP contribution in [-0.2, 0) is 23.7 Å². The number of amides is 1. The van der Waals surface area contributed by atoms with Gasteiger partial charge in [0.25, 0.3) is 0 Å². The maximum absolute atomic E-state index is 13.2. The van der Waals surface area contributed by atoms with E-state index in [0.717, 1.165) is 51.4 Å². The topological polar surface area (TPSA) is 228 Å². The molecule has 14 nitrogen and oxygen atoms in total. The van der Waals surface area contributed by atoms with Crippen molar-refractivity contribution in [1.29, 1.82) is 0 Å². The zero-order valence-corrected chi connectivity index (χ0v) is 51.0. The Kier molecular flexibility index (Phi) is 48.1. The molecule has 0 aromatic heterocycles. The fourth-order valence-electron chi connectivity index (χ4n) is 10.7. The van der Waals surface area contributed by atoms with Crippen LogP contribution in [-0.4, -0.2) is 140 Å². The molecule has 0 aromatic carbocycles. The molecule has 0 saturated carbocycles. The number of hydrogen-bond donors (Lipinski definition) is 9. The molecule has 2 fully saturated rings. The molecule has 9 N–H and O–H groups in total. The molecule has 0 spiro atoms. The van der Waals surface area contributed by atoms with E-state index in [2.05, 4.69) is 67.8 Å². The van der Waals surface area contributed by atoms with Crippen molar-refractivity contribution < 1.29 is 64.6 Å². The number of nitrogens with one attached hydrogen (secondary N) is 1. The number of carbonyl (C=O) groups excluding carboxylic acids is 1. The largest absolute Gasteiger partial charge is 0.394 e. The van der Waals surface area contributed by atoms with Gasteiger partial charge in [-0.3, -0.25) is 4.79 Å². The average Bonchev–Trinajstić information content (AvgIpc) is 3.55. The number of ether oxygens (including phenoxy) is 4. The molecular formula is C67H121NO13. The third-order valence-electron chi connectivity index (χ3n) is 15.9. The summed E-state index contributed by atoms with van der Waals surface area (Å²) < 4.78 is 22.7. The number of carbonyl (C=O) groups is 1. The first-order valence-electron chi connectivity index (χ1n) is 33.0. The summed E-state index contributed by atoms with van der Waals surface area (Å²) in [6.07, 6.45) is 51.9. The van der Waals surface area contributed by atoms with Crippen molar-refractivity contribution >= 4 is 5.91 Å². The second-order valence-electron chi connectivity index (χ2n) is 23.2. The smallest absolute Gasteiger partial charge is 0.220 e. The van der Waals surface area contributed by atoms with Crippen molar-refractivity contribution in [2.45, 2.75) is 338 Å². The van der Waals surface area contributed by atoms with Gasteiger partial charge in [0.1, 0.15) is 48.8 Å². The highest BCUT2D eigenvalue weighted by atomic mass is 16.7. The van der Waals surface area contributed by atoms with E-state index in [-0.39, 0.29) is 18.9 Å². The van der Waals surface area contributed by atoms with Crippen LogP contribution in [0, 0.1) is 0 Å². The molecule has 0 radical (unpaired) electrons. The highest BCUT2D eigenvalue weighted by Gasteiger charge is 2.51. The summed E-state index contributed by atoms with van der Waals surface area (Å²) in [7, 11) is 0. The summed E-state index contributed by atoms with van der Waals surface area (Å²) >= 11 is 0. The molecule has 81 heavy (non-hydrogen) atoms. The molecule has 2 saturated heterocycles. The first kappa shape index (κ1) is 74.8. The normalized spacial score (nSPS) is 24.5. The van der Waals surface area contributed by atoms with Crippen LogP contribution in [0.25, 0.3) is 0 Å². The van der Waals surface area contributed by atoms with Crippen molar-refractivity contribution in [3.63, 3.8) is 0 Å². The van der Waals surface area contributed by atoms with E-state index in [1.54, 1.807) is 6.08 Å². The van der Waals surface area contributed by atoms with Gasteiger partial charge in [-0.05, 0) is 70.6 Å². The lowest BCUT2D eigenvalue weighted by molar-refractivity contribution is -0.359. The second kappa shape index (κ2) is 52.1. The minimum absolute atomic E-state index is 0.253. The van der Waals surface area contributed by atoms with Crippen molar-refractivity contribution in [3.05, 3.63) is 60.8 Å². The predicted octanol–water partition coefficient (Wildman–Crippen LogP) is 12.5. The molecule has 1 amide bonds. The molecule has 0 aliphatic carbocycles. The average molecular weight is 1150 g/mol. The maximum atomic E-state index is 13.2. The van der Waals surface area contributed by atoms with E-state index in [9.17, 15) is 45.6 Å². The number of allylic oxidation sites excluding steroid dienone is 9. The number of unbranched alkanes of at least 4 members (excludes halogenated alkanes) is 32. The lowest BCUT2D eigenvalue weighted by atomic mass is 9.97. The van der Waals surface area contributed by atoms with Crippen LogP contribution in [0.1, 0.15) is 264 Å². The summed E-state index contributed by atoms with van der Waals surface area (Å²) in [4.78, 5) is 13.2. The van der Waals surface area contributed by atoms with E-state index < -0.39 is 86.8 Å². The van der Waals surface area contributed by atoms with Crippen molar-refractivity contribution in [3.8, 4) is 0 Å². The first-order valence-corrected chi connectivity index (χ1v) is 33.0. The van der Waals surface area contributed by atoms with E-state index in [1.165, 1.54) is 180 Å². The first-order chi connectivity index (χ1) is 39.6. The minimum Gasteiger partial charge on any atom is -0.394 e. The van der Waals surface area contributed by atoms with Crippen LogP contribution < -0.4 is 5.32 Å². The monoisotopic (exact) mass is 1150 g/mol. The fourth-order valence-corrected chi connectivity index (χ4v) is 10.7. The van der Waals surface area contributed by atoms with Gasteiger partial charge in [-0.1, -0.05) is 248 Å². The second-order valence-corrected chi connectivity index (χ2v) is 23.2. The fraction of sp³-hybridized carbons (Fsp3) is 0.836. The van der Waals surface area contributed by atoms with Gasteiger partial charge in [0.2, 0.25) is 5.91 Å². The van der Waals surface area contributed by atoms with Crippen molar-refractivity contribution in [1.82, 2.24) is 5.32 Å². The molecule has 12 unspecified atom stereocenters. The van der Waals surface area contributed by atoms with Gasteiger partial charge >= 0.3 is 0 Å². The van der Waals surface area contributed by atoms with Crippen molar-refractivity contribution in [2.75, 3.05) is 19.8 Å². The number of hydrogen-bond acceptors (Lipinski definition) is 13. The van der Waals surface area contributed by atoms with Crippen LogP contribution in [0.3, 0.4) is 0 Å². The van der Waals surface area contributed by atoms with Gasteiger partial charge in [0, 0.05) is 6.42 Å².